The Bertz CT molecular complexity index is 725. The van der Waals surface area contributed by atoms with Crippen LogP contribution in [0.2, 0.25) is 0 Å². The summed E-state index contributed by atoms with van der Waals surface area (Å²) in [6, 6.07) is 15.5. The lowest BCUT2D eigenvalue weighted by atomic mass is 10.0. The molecule has 2 aromatic rings. The van der Waals surface area contributed by atoms with Gasteiger partial charge in [-0.05, 0) is 42.2 Å². The normalized spacial score (nSPS) is 10.0. The first-order chi connectivity index (χ1) is 11.7. The summed E-state index contributed by atoms with van der Waals surface area (Å²) in [6.07, 6.45) is 2.16. The predicted molar refractivity (Wildman–Crippen MR) is 98.1 cm³/mol. The average molecular weight is 321 g/mol. The van der Waals surface area contributed by atoms with Crippen molar-refractivity contribution < 1.29 is 4.79 Å². The Hall–Kier alpha value is -2.80. The lowest BCUT2D eigenvalue weighted by Crippen LogP contribution is -2.18. The van der Waals surface area contributed by atoms with Gasteiger partial charge in [0.2, 0.25) is 5.91 Å². The molecule has 0 heterocycles. The van der Waals surface area contributed by atoms with E-state index >= 15 is 0 Å². The van der Waals surface area contributed by atoms with Crippen LogP contribution in [-0.4, -0.2) is 12.5 Å². The van der Waals surface area contributed by atoms with Crippen LogP contribution in [0.5, 0.6) is 0 Å². The van der Waals surface area contributed by atoms with E-state index in [9.17, 15) is 4.79 Å². The lowest BCUT2D eigenvalue weighted by molar-refractivity contribution is -0.115. The van der Waals surface area contributed by atoms with Crippen molar-refractivity contribution in [3.8, 4) is 6.07 Å². The third-order valence-corrected chi connectivity index (χ3v) is 3.94. The Balaban J connectivity index is 1.93. The Morgan fingerprint density at radius 2 is 1.75 bits per heavy atom. The molecule has 0 fully saturated rings. The zero-order valence-corrected chi connectivity index (χ0v) is 14.2. The molecule has 1 amide bonds. The van der Waals surface area contributed by atoms with Gasteiger partial charge in [-0.3, -0.25) is 4.79 Å². The number of rotatable bonds is 7. The molecule has 4 heteroatoms. The smallest absolute Gasteiger partial charge is 0.226 e. The minimum absolute atomic E-state index is 0.00506. The van der Waals surface area contributed by atoms with E-state index in [0.29, 0.717) is 18.5 Å². The zero-order valence-electron chi connectivity index (χ0n) is 14.2. The van der Waals surface area contributed by atoms with Gasteiger partial charge in [-0.1, -0.05) is 38.1 Å². The minimum Gasteiger partial charge on any atom is -0.384 e. The Labute approximate surface area is 143 Å². The Morgan fingerprint density at radius 3 is 2.38 bits per heavy atom. The summed E-state index contributed by atoms with van der Waals surface area (Å²) < 4.78 is 0. The maximum atomic E-state index is 12.3. The van der Waals surface area contributed by atoms with Crippen LogP contribution in [0.25, 0.3) is 0 Å². The van der Waals surface area contributed by atoms with Gasteiger partial charge in [-0.2, -0.15) is 5.26 Å². The zero-order chi connectivity index (χ0) is 17.4. The van der Waals surface area contributed by atoms with Crippen LogP contribution in [0.15, 0.2) is 42.5 Å². The van der Waals surface area contributed by atoms with Crippen LogP contribution in [-0.2, 0) is 17.6 Å². The number of nitrogens with one attached hydrogen (secondary N) is 2. The molecular formula is C20H23N3O. The van der Waals surface area contributed by atoms with Crippen LogP contribution in [0.1, 0.15) is 37.0 Å². The molecule has 0 saturated heterocycles. The van der Waals surface area contributed by atoms with Crippen molar-refractivity contribution in [2.75, 3.05) is 17.2 Å². The molecule has 124 valence electrons. The Kier molecular flexibility index (Phi) is 6.39. The Morgan fingerprint density at radius 1 is 1.08 bits per heavy atom. The monoisotopic (exact) mass is 321 g/mol. The number of carbonyl (C=O) groups is 1. The number of aryl methyl sites for hydroxylation is 2. The number of hydrogen-bond donors (Lipinski definition) is 2. The number of nitrogens with zero attached hydrogens (tertiary/aromatic N) is 1. The summed E-state index contributed by atoms with van der Waals surface area (Å²) in [4.78, 5) is 12.3. The van der Waals surface area contributed by atoms with Crippen molar-refractivity contribution in [1.29, 1.82) is 5.26 Å². The van der Waals surface area contributed by atoms with Crippen molar-refractivity contribution in [2.24, 2.45) is 0 Å². The summed E-state index contributed by atoms with van der Waals surface area (Å²) >= 11 is 0. The maximum Gasteiger partial charge on any atom is 0.226 e. The van der Waals surface area contributed by atoms with E-state index in [0.717, 1.165) is 35.3 Å². The van der Waals surface area contributed by atoms with Gasteiger partial charge in [0.25, 0.3) is 0 Å². The number of hydrogen-bond acceptors (Lipinski definition) is 3. The van der Waals surface area contributed by atoms with E-state index in [1.165, 1.54) is 0 Å². The van der Waals surface area contributed by atoms with Crippen LogP contribution in [0.4, 0.5) is 11.4 Å². The van der Waals surface area contributed by atoms with Crippen molar-refractivity contribution in [2.45, 2.75) is 33.1 Å². The second kappa shape index (κ2) is 8.73. The number of benzene rings is 2. The third kappa shape index (κ3) is 4.60. The molecule has 0 bridgehead atoms. The van der Waals surface area contributed by atoms with E-state index in [-0.39, 0.29) is 5.91 Å². The predicted octanol–water partition coefficient (Wildman–Crippen LogP) is 4.12. The van der Waals surface area contributed by atoms with Crippen LogP contribution >= 0.6 is 0 Å². The molecule has 0 aliphatic rings. The molecule has 0 aliphatic heterocycles. The molecule has 2 rings (SSSR count). The molecule has 0 atom stereocenters. The molecule has 0 unspecified atom stereocenters. The highest BCUT2D eigenvalue weighted by Crippen LogP contribution is 2.22. The highest BCUT2D eigenvalue weighted by Gasteiger charge is 2.09. The second-order valence-corrected chi connectivity index (χ2v) is 5.58. The fourth-order valence-corrected chi connectivity index (χ4v) is 2.62. The fourth-order valence-electron chi connectivity index (χ4n) is 2.62. The van der Waals surface area contributed by atoms with E-state index in [1.807, 2.05) is 18.2 Å². The summed E-state index contributed by atoms with van der Waals surface area (Å²) in [7, 11) is 0. The fraction of sp³-hybridized carbons (Fsp3) is 0.300. The van der Waals surface area contributed by atoms with E-state index in [1.54, 1.807) is 12.1 Å². The number of anilines is 2. The van der Waals surface area contributed by atoms with Gasteiger partial charge in [0.15, 0.2) is 0 Å². The molecule has 0 spiro atoms. The van der Waals surface area contributed by atoms with Crippen molar-refractivity contribution in [3.63, 3.8) is 0 Å². The minimum atomic E-state index is -0.00506. The molecule has 2 N–H and O–H groups in total. The van der Waals surface area contributed by atoms with Crippen molar-refractivity contribution >= 4 is 17.3 Å². The standard InChI is InChI=1S/C20H23N3O/c1-3-16-8-6-9-17(4-2)20(16)23-19(24)11-12-22-18-10-5-7-15(13-18)14-21/h5-10,13,22H,3-4,11-12H2,1-2H3,(H,23,24). The van der Waals surface area contributed by atoms with Crippen molar-refractivity contribution in [1.82, 2.24) is 0 Å². The second-order valence-electron chi connectivity index (χ2n) is 5.58. The number of para-hydroxylation sites is 1. The van der Waals surface area contributed by atoms with Gasteiger partial charge < -0.3 is 10.6 Å². The van der Waals surface area contributed by atoms with Crippen LogP contribution in [0, 0.1) is 11.3 Å². The van der Waals surface area contributed by atoms with Crippen LogP contribution in [0.3, 0.4) is 0 Å². The molecular weight excluding hydrogens is 298 g/mol. The average Bonchev–Trinajstić information content (AvgIpc) is 2.62. The lowest BCUT2D eigenvalue weighted by Gasteiger charge is -2.14. The molecule has 0 saturated carbocycles. The largest absolute Gasteiger partial charge is 0.384 e. The molecule has 0 aromatic heterocycles. The van der Waals surface area contributed by atoms with Crippen LogP contribution < -0.4 is 10.6 Å². The first-order valence-electron chi connectivity index (χ1n) is 8.32. The van der Waals surface area contributed by atoms with Gasteiger partial charge in [0, 0.05) is 24.3 Å². The number of carbonyl (C=O) groups excluding carboxylic acids is 1. The van der Waals surface area contributed by atoms with Gasteiger partial charge in [-0.25, -0.2) is 0 Å². The quantitative estimate of drug-likeness (QED) is 0.806. The molecule has 2 aromatic carbocycles. The molecule has 0 aliphatic carbocycles. The SMILES string of the molecule is CCc1cccc(CC)c1NC(=O)CCNc1cccc(C#N)c1. The first-order valence-corrected chi connectivity index (χ1v) is 8.32. The number of nitriles is 1. The van der Waals surface area contributed by atoms with E-state index < -0.39 is 0 Å². The summed E-state index contributed by atoms with van der Waals surface area (Å²) in [5.41, 5.74) is 4.74. The van der Waals surface area contributed by atoms with E-state index in [2.05, 4.69) is 42.7 Å². The maximum absolute atomic E-state index is 12.3. The van der Waals surface area contributed by atoms with Crippen molar-refractivity contribution in [3.05, 3.63) is 59.2 Å². The van der Waals surface area contributed by atoms with Gasteiger partial charge in [0.1, 0.15) is 0 Å². The van der Waals surface area contributed by atoms with Gasteiger partial charge in [0.05, 0.1) is 11.6 Å². The topological polar surface area (TPSA) is 64.9 Å². The first kappa shape index (κ1) is 17.6. The van der Waals surface area contributed by atoms with Gasteiger partial charge in [-0.15, -0.1) is 0 Å². The summed E-state index contributed by atoms with van der Waals surface area (Å²) in [5.74, 6) is -0.00506. The summed E-state index contributed by atoms with van der Waals surface area (Å²) in [5, 5.41) is 15.1. The molecule has 4 nitrogen and oxygen atoms in total. The number of amides is 1. The highest BCUT2D eigenvalue weighted by atomic mass is 16.1. The van der Waals surface area contributed by atoms with E-state index in [4.69, 9.17) is 5.26 Å². The molecule has 24 heavy (non-hydrogen) atoms. The van der Waals surface area contributed by atoms with Gasteiger partial charge >= 0.3 is 0 Å². The highest BCUT2D eigenvalue weighted by molar-refractivity contribution is 5.92. The molecule has 0 radical (unpaired) electrons. The summed E-state index contributed by atoms with van der Waals surface area (Å²) in [6.45, 7) is 4.71. The third-order valence-electron chi connectivity index (χ3n) is 3.94.